The van der Waals surface area contributed by atoms with Gasteiger partial charge in [0, 0.05) is 6.54 Å². The minimum atomic E-state index is -4.52. The van der Waals surface area contributed by atoms with Crippen molar-refractivity contribution in [1.29, 1.82) is 0 Å². The van der Waals surface area contributed by atoms with Crippen molar-refractivity contribution in [2.45, 2.75) is 38.5 Å². The molecule has 2 amide bonds. The molecule has 2 heterocycles. The maximum atomic E-state index is 12.7. The smallest absolute Gasteiger partial charge is 0.345 e. The van der Waals surface area contributed by atoms with Crippen LogP contribution in [0.1, 0.15) is 18.7 Å². The standard InChI is InChI=1S/C18H19F3N4O3/c1-11-23-13-6-3-2-5-12(13)17(28)25(11)9-15(26)24-8-4-7-14(24)16(27)22-10-18(19,20)21/h2-3,5-6,14H,4,7-10H2,1H3,(H,22,27). The highest BCUT2D eigenvalue weighted by molar-refractivity contribution is 5.88. The van der Waals surface area contributed by atoms with E-state index in [0.29, 0.717) is 23.1 Å². The Labute approximate surface area is 158 Å². The van der Waals surface area contributed by atoms with Crippen LogP contribution in [-0.2, 0) is 16.1 Å². The summed E-state index contributed by atoms with van der Waals surface area (Å²) in [5.74, 6) is -1.01. The van der Waals surface area contributed by atoms with E-state index in [9.17, 15) is 27.6 Å². The molecule has 1 fully saturated rings. The van der Waals surface area contributed by atoms with Crippen molar-refractivity contribution in [3.8, 4) is 0 Å². The van der Waals surface area contributed by atoms with Gasteiger partial charge in [-0.05, 0) is 31.9 Å². The van der Waals surface area contributed by atoms with Gasteiger partial charge in [0.25, 0.3) is 5.56 Å². The first-order chi connectivity index (χ1) is 13.2. The average Bonchev–Trinajstić information content (AvgIpc) is 3.12. The molecule has 1 N–H and O–H groups in total. The molecular weight excluding hydrogens is 377 g/mol. The number of para-hydroxylation sites is 1. The minimum absolute atomic E-state index is 0.248. The fourth-order valence-corrected chi connectivity index (χ4v) is 3.33. The lowest BCUT2D eigenvalue weighted by molar-refractivity contribution is -0.145. The van der Waals surface area contributed by atoms with E-state index in [4.69, 9.17) is 0 Å². The molecule has 7 nitrogen and oxygen atoms in total. The van der Waals surface area contributed by atoms with Gasteiger partial charge in [0.15, 0.2) is 0 Å². The Hall–Kier alpha value is -2.91. The van der Waals surface area contributed by atoms with Gasteiger partial charge in [-0.25, -0.2) is 4.98 Å². The van der Waals surface area contributed by atoms with Gasteiger partial charge in [0.05, 0.1) is 10.9 Å². The highest BCUT2D eigenvalue weighted by atomic mass is 19.4. The average molecular weight is 396 g/mol. The molecular formula is C18H19F3N4O3. The molecule has 0 saturated carbocycles. The largest absolute Gasteiger partial charge is 0.405 e. The van der Waals surface area contributed by atoms with Crippen LogP contribution in [0, 0.1) is 6.92 Å². The highest BCUT2D eigenvalue weighted by Gasteiger charge is 2.36. The molecule has 0 spiro atoms. The molecule has 0 bridgehead atoms. The number of carbonyl (C=O) groups excluding carboxylic acids is 2. The number of aryl methyl sites for hydroxylation is 1. The van der Waals surface area contributed by atoms with Crippen LogP contribution < -0.4 is 10.9 Å². The summed E-state index contributed by atoms with van der Waals surface area (Å²) in [5, 5.41) is 2.18. The van der Waals surface area contributed by atoms with Crippen LogP contribution in [0.4, 0.5) is 13.2 Å². The number of likely N-dealkylation sites (tertiary alicyclic amines) is 1. The third kappa shape index (κ3) is 4.15. The molecule has 28 heavy (non-hydrogen) atoms. The van der Waals surface area contributed by atoms with Crippen molar-refractivity contribution in [1.82, 2.24) is 19.8 Å². The van der Waals surface area contributed by atoms with Crippen molar-refractivity contribution in [2.24, 2.45) is 0 Å². The minimum Gasteiger partial charge on any atom is -0.345 e. The number of carbonyl (C=O) groups is 2. The fraction of sp³-hybridized carbons (Fsp3) is 0.444. The van der Waals surface area contributed by atoms with Crippen LogP contribution in [0.3, 0.4) is 0 Å². The molecule has 1 atom stereocenters. The first-order valence-corrected chi connectivity index (χ1v) is 8.77. The number of hydrogen-bond acceptors (Lipinski definition) is 4. The Morgan fingerprint density at radius 1 is 1.29 bits per heavy atom. The lowest BCUT2D eigenvalue weighted by Gasteiger charge is -2.25. The van der Waals surface area contributed by atoms with E-state index in [1.807, 2.05) is 5.32 Å². The molecule has 1 aromatic carbocycles. The second-order valence-electron chi connectivity index (χ2n) is 6.65. The SMILES string of the molecule is Cc1nc2ccccc2c(=O)n1CC(=O)N1CCCC1C(=O)NCC(F)(F)F. The third-order valence-electron chi connectivity index (χ3n) is 4.68. The molecule has 1 aliphatic rings. The van der Waals surface area contributed by atoms with E-state index < -0.39 is 30.6 Å². The maximum absolute atomic E-state index is 12.7. The second-order valence-corrected chi connectivity index (χ2v) is 6.65. The summed E-state index contributed by atoms with van der Waals surface area (Å²) in [7, 11) is 0. The Bertz CT molecular complexity index is 971. The van der Waals surface area contributed by atoms with Crippen molar-refractivity contribution in [2.75, 3.05) is 13.1 Å². The van der Waals surface area contributed by atoms with E-state index in [0.717, 1.165) is 0 Å². The van der Waals surface area contributed by atoms with Crippen LogP contribution in [0.15, 0.2) is 29.1 Å². The normalized spacial score (nSPS) is 17.1. The van der Waals surface area contributed by atoms with Gasteiger partial charge < -0.3 is 10.2 Å². The number of nitrogens with one attached hydrogen (secondary N) is 1. The van der Waals surface area contributed by atoms with E-state index in [-0.39, 0.29) is 25.1 Å². The zero-order valence-corrected chi connectivity index (χ0v) is 15.1. The molecule has 1 aromatic heterocycles. The second kappa shape index (κ2) is 7.61. The van der Waals surface area contributed by atoms with Crippen LogP contribution >= 0.6 is 0 Å². The molecule has 1 saturated heterocycles. The van der Waals surface area contributed by atoms with Crippen LogP contribution in [0.25, 0.3) is 10.9 Å². The van der Waals surface area contributed by atoms with Gasteiger partial charge in [0.1, 0.15) is 25.0 Å². The summed E-state index contributed by atoms with van der Waals surface area (Å²) in [6.45, 7) is 0.0689. The number of aromatic nitrogens is 2. The van der Waals surface area contributed by atoms with E-state index in [1.54, 1.807) is 31.2 Å². The third-order valence-corrected chi connectivity index (χ3v) is 4.68. The quantitative estimate of drug-likeness (QED) is 0.846. The number of nitrogens with zero attached hydrogens (tertiary/aromatic N) is 3. The number of halogens is 3. The first kappa shape index (κ1) is 19.8. The Kier molecular flexibility index (Phi) is 5.39. The Morgan fingerprint density at radius 3 is 2.71 bits per heavy atom. The molecule has 1 aliphatic heterocycles. The molecule has 1 unspecified atom stereocenters. The van der Waals surface area contributed by atoms with Gasteiger partial charge in [0.2, 0.25) is 11.8 Å². The van der Waals surface area contributed by atoms with Gasteiger partial charge in [-0.15, -0.1) is 0 Å². The molecule has 10 heteroatoms. The lowest BCUT2D eigenvalue weighted by Crippen LogP contribution is -2.49. The van der Waals surface area contributed by atoms with E-state index in [1.165, 1.54) is 9.47 Å². The number of amides is 2. The van der Waals surface area contributed by atoms with Crippen LogP contribution in [0.2, 0.25) is 0 Å². The zero-order valence-electron chi connectivity index (χ0n) is 15.1. The summed E-state index contributed by atoms with van der Waals surface area (Å²) in [5.41, 5.74) is 0.132. The van der Waals surface area contributed by atoms with Crippen molar-refractivity contribution in [3.05, 3.63) is 40.4 Å². The summed E-state index contributed by atoms with van der Waals surface area (Å²) in [4.78, 5) is 43.0. The molecule has 0 aliphatic carbocycles. The Balaban J connectivity index is 1.78. The van der Waals surface area contributed by atoms with Gasteiger partial charge in [-0.1, -0.05) is 12.1 Å². The summed E-state index contributed by atoms with van der Waals surface area (Å²) < 4.78 is 38.2. The molecule has 0 radical (unpaired) electrons. The summed E-state index contributed by atoms with van der Waals surface area (Å²) >= 11 is 0. The lowest BCUT2D eigenvalue weighted by atomic mass is 10.2. The predicted octanol–water partition coefficient (Wildman–Crippen LogP) is 1.37. The number of alkyl halides is 3. The number of benzene rings is 1. The van der Waals surface area contributed by atoms with E-state index >= 15 is 0 Å². The van der Waals surface area contributed by atoms with Gasteiger partial charge in [-0.3, -0.25) is 19.0 Å². The van der Waals surface area contributed by atoms with Gasteiger partial charge >= 0.3 is 6.18 Å². The fourth-order valence-electron chi connectivity index (χ4n) is 3.33. The zero-order chi connectivity index (χ0) is 20.5. The van der Waals surface area contributed by atoms with Crippen molar-refractivity contribution < 1.29 is 22.8 Å². The number of rotatable bonds is 4. The topological polar surface area (TPSA) is 84.3 Å². The van der Waals surface area contributed by atoms with Crippen LogP contribution in [-0.4, -0.2) is 51.6 Å². The predicted molar refractivity (Wildman–Crippen MR) is 94.5 cm³/mol. The summed E-state index contributed by atoms with van der Waals surface area (Å²) in [6.07, 6.45) is -3.75. The first-order valence-electron chi connectivity index (χ1n) is 8.77. The number of fused-ring (bicyclic) bond motifs is 1. The summed E-state index contributed by atoms with van der Waals surface area (Å²) in [6, 6.07) is 5.76. The molecule has 3 rings (SSSR count). The molecule has 2 aromatic rings. The number of hydrogen-bond donors (Lipinski definition) is 1. The van der Waals surface area contributed by atoms with Crippen LogP contribution in [0.5, 0.6) is 0 Å². The van der Waals surface area contributed by atoms with E-state index in [2.05, 4.69) is 4.98 Å². The van der Waals surface area contributed by atoms with Crippen molar-refractivity contribution in [3.63, 3.8) is 0 Å². The highest BCUT2D eigenvalue weighted by Crippen LogP contribution is 2.19. The van der Waals surface area contributed by atoms with Gasteiger partial charge in [-0.2, -0.15) is 13.2 Å². The monoisotopic (exact) mass is 396 g/mol. The molecule has 150 valence electrons. The van der Waals surface area contributed by atoms with Crippen molar-refractivity contribution >= 4 is 22.7 Å². The Morgan fingerprint density at radius 2 is 2.00 bits per heavy atom. The maximum Gasteiger partial charge on any atom is 0.405 e.